The summed E-state index contributed by atoms with van der Waals surface area (Å²) in [6.07, 6.45) is 0.420. The molecule has 9 nitrogen and oxygen atoms in total. The normalized spacial score (nSPS) is 15.6. The van der Waals surface area contributed by atoms with Crippen LogP contribution in [0.15, 0.2) is 52.9 Å². The number of amides is 2. The number of ether oxygens (including phenoxy) is 2. The number of nitrogens with one attached hydrogen (secondary N) is 1. The van der Waals surface area contributed by atoms with Crippen LogP contribution in [0.25, 0.3) is 0 Å². The first-order valence-corrected chi connectivity index (χ1v) is 10.3. The van der Waals surface area contributed by atoms with Gasteiger partial charge in [-0.05, 0) is 48.9 Å². The van der Waals surface area contributed by atoms with Crippen molar-refractivity contribution in [2.45, 2.75) is 25.7 Å². The number of hydrogen-bond acceptors (Lipinski definition) is 7. The number of nitrogens with zero attached hydrogens (tertiary/aromatic N) is 3. The predicted molar refractivity (Wildman–Crippen MR) is 117 cm³/mol. The van der Waals surface area contributed by atoms with Crippen molar-refractivity contribution in [2.75, 3.05) is 30.5 Å². The predicted octanol–water partition coefficient (Wildman–Crippen LogP) is 3.18. The molecule has 1 atom stereocenters. The highest BCUT2D eigenvalue weighted by molar-refractivity contribution is 5.96. The molecule has 0 aliphatic carbocycles. The standard InChI is InChI=1S/C23H24N4O5/c1-3-31-19-10-6-17(7-11-19)27-14-16(13-21(27)29)22-25-26-23(32-22)24-20(28)12-15-4-8-18(30-2)9-5-15/h4-11,16H,3,12-14H2,1-2H3,(H,24,26,28)/t16-/m1/s1. The van der Waals surface area contributed by atoms with Crippen molar-refractivity contribution in [3.05, 3.63) is 60.0 Å². The zero-order chi connectivity index (χ0) is 22.5. The molecule has 1 aliphatic heterocycles. The monoisotopic (exact) mass is 436 g/mol. The van der Waals surface area contributed by atoms with Crippen LogP contribution in [0.2, 0.25) is 0 Å². The van der Waals surface area contributed by atoms with Gasteiger partial charge in [0.2, 0.25) is 17.7 Å². The van der Waals surface area contributed by atoms with E-state index in [1.165, 1.54) is 0 Å². The van der Waals surface area contributed by atoms with E-state index < -0.39 is 0 Å². The summed E-state index contributed by atoms with van der Waals surface area (Å²) in [5.74, 6) is 1.26. The highest BCUT2D eigenvalue weighted by Gasteiger charge is 2.35. The summed E-state index contributed by atoms with van der Waals surface area (Å²) in [7, 11) is 1.59. The van der Waals surface area contributed by atoms with Crippen LogP contribution < -0.4 is 19.7 Å². The van der Waals surface area contributed by atoms with Crippen LogP contribution in [0, 0.1) is 0 Å². The van der Waals surface area contributed by atoms with Gasteiger partial charge in [0.1, 0.15) is 11.5 Å². The van der Waals surface area contributed by atoms with E-state index in [0.717, 1.165) is 22.7 Å². The smallest absolute Gasteiger partial charge is 0.322 e. The van der Waals surface area contributed by atoms with E-state index in [4.69, 9.17) is 13.9 Å². The van der Waals surface area contributed by atoms with Crippen molar-refractivity contribution >= 4 is 23.5 Å². The highest BCUT2D eigenvalue weighted by atomic mass is 16.5. The van der Waals surface area contributed by atoms with Gasteiger partial charge >= 0.3 is 6.01 Å². The molecule has 3 aromatic rings. The van der Waals surface area contributed by atoms with Crippen LogP contribution in [0.3, 0.4) is 0 Å². The molecule has 2 aromatic carbocycles. The van der Waals surface area contributed by atoms with Crippen LogP contribution in [-0.4, -0.2) is 42.3 Å². The Kier molecular flexibility index (Phi) is 6.34. The second kappa shape index (κ2) is 9.51. The zero-order valence-electron chi connectivity index (χ0n) is 17.9. The molecular formula is C23H24N4O5. The minimum atomic E-state index is -0.274. The first-order valence-electron chi connectivity index (χ1n) is 10.3. The summed E-state index contributed by atoms with van der Waals surface area (Å²) in [6, 6.07) is 14.6. The Morgan fingerprint density at radius 1 is 1.12 bits per heavy atom. The number of aromatic nitrogens is 2. The van der Waals surface area contributed by atoms with Gasteiger partial charge in [0.15, 0.2) is 0 Å². The van der Waals surface area contributed by atoms with Gasteiger partial charge in [0.05, 0.1) is 26.1 Å². The fourth-order valence-corrected chi connectivity index (χ4v) is 3.55. The molecule has 9 heteroatoms. The van der Waals surface area contributed by atoms with Crippen molar-refractivity contribution in [1.82, 2.24) is 10.2 Å². The minimum absolute atomic E-state index is 0.0190. The van der Waals surface area contributed by atoms with Crippen LogP contribution in [0.5, 0.6) is 11.5 Å². The van der Waals surface area contributed by atoms with Crippen molar-refractivity contribution in [3.63, 3.8) is 0 Å². The molecule has 0 radical (unpaired) electrons. The molecule has 4 rings (SSSR count). The number of methoxy groups -OCH3 is 1. The largest absolute Gasteiger partial charge is 0.497 e. The lowest BCUT2D eigenvalue weighted by atomic mass is 10.1. The maximum atomic E-state index is 12.5. The Morgan fingerprint density at radius 3 is 2.53 bits per heavy atom. The second-order valence-electron chi connectivity index (χ2n) is 7.35. The van der Waals surface area contributed by atoms with Crippen molar-refractivity contribution in [2.24, 2.45) is 0 Å². The first kappa shape index (κ1) is 21.4. The van der Waals surface area contributed by atoms with Crippen LogP contribution >= 0.6 is 0 Å². The summed E-state index contributed by atoms with van der Waals surface area (Å²) >= 11 is 0. The maximum Gasteiger partial charge on any atom is 0.322 e. The highest BCUT2D eigenvalue weighted by Crippen LogP contribution is 2.32. The number of carbonyl (C=O) groups is 2. The van der Waals surface area contributed by atoms with Crippen LogP contribution in [0.4, 0.5) is 11.7 Å². The fraction of sp³-hybridized carbons (Fsp3) is 0.304. The summed E-state index contributed by atoms with van der Waals surface area (Å²) in [5, 5.41) is 10.6. The van der Waals surface area contributed by atoms with E-state index in [-0.39, 0.29) is 36.6 Å². The third-order valence-corrected chi connectivity index (χ3v) is 5.14. The Balaban J connectivity index is 1.35. The Morgan fingerprint density at radius 2 is 1.84 bits per heavy atom. The Bertz CT molecular complexity index is 1080. The lowest BCUT2D eigenvalue weighted by Crippen LogP contribution is -2.24. The molecule has 1 aromatic heterocycles. The number of carbonyl (C=O) groups excluding carboxylic acids is 2. The van der Waals surface area contributed by atoms with Gasteiger partial charge in [-0.25, -0.2) is 0 Å². The molecule has 166 valence electrons. The zero-order valence-corrected chi connectivity index (χ0v) is 17.9. The third-order valence-electron chi connectivity index (χ3n) is 5.14. The number of anilines is 2. The molecule has 0 unspecified atom stereocenters. The maximum absolute atomic E-state index is 12.5. The molecule has 1 aliphatic rings. The topological polar surface area (TPSA) is 107 Å². The lowest BCUT2D eigenvalue weighted by molar-refractivity contribution is -0.117. The molecule has 32 heavy (non-hydrogen) atoms. The molecule has 1 N–H and O–H groups in total. The van der Waals surface area contributed by atoms with Gasteiger partial charge in [0.25, 0.3) is 0 Å². The van der Waals surface area contributed by atoms with E-state index in [2.05, 4.69) is 15.5 Å². The van der Waals surface area contributed by atoms with E-state index in [9.17, 15) is 9.59 Å². The molecule has 2 amide bonds. The number of benzene rings is 2. The summed E-state index contributed by atoms with van der Waals surface area (Å²) in [5.41, 5.74) is 1.61. The summed E-state index contributed by atoms with van der Waals surface area (Å²) in [4.78, 5) is 26.5. The summed E-state index contributed by atoms with van der Waals surface area (Å²) < 4.78 is 16.2. The van der Waals surface area contributed by atoms with Gasteiger partial charge in [-0.3, -0.25) is 14.9 Å². The Labute approximate surface area is 185 Å². The van der Waals surface area contributed by atoms with E-state index in [1.807, 2.05) is 43.3 Å². The lowest BCUT2D eigenvalue weighted by Gasteiger charge is -2.16. The molecule has 0 spiro atoms. The van der Waals surface area contributed by atoms with Crippen molar-refractivity contribution in [1.29, 1.82) is 0 Å². The molecule has 0 bridgehead atoms. The van der Waals surface area contributed by atoms with Gasteiger partial charge < -0.3 is 18.8 Å². The number of hydrogen-bond donors (Lipinski definition) is 1. The number of rotatable bonds is 8. The SMILES string of the molecule is CCOc1ccc(N2C[C@H](c3nnc(NC(=O)Cc4ccc(OC)cc4)o3)CC2=O)cc1. The van der Waals surface area contributed by atoms with Gasteiger partial charge in [0, 0.05) is 18.7 Å². The van der Waals surface area contributed by atoms with E-state index in [0.29, 0.717) is 19.0 Å². The van der Waals surface area contributed by atoms with Crippen LogP contribution in [-0.2, 0) is 16.0 Å². The summed E-state index contributed by atoms with van der Waals surface area (Å²) in [6.45, 7) is 2.93. The fourth-order valence-electron chi connectivity index (χ4n) is 3.55. The van der Waals surface area contributed by atoms with E-state index >= 15 is 0 Å². The van der Waals surface area contributed by atoms with E-state index in [1.54, 1.807) is 24.1 Å². The molecule has 1 saturated heterocycles. The van der Waals surface area contributed by atoms with Gasteiger partial charge in [-0.1, -0.05) is 17.2 Å². The third kappa shape index (κ3) is 4.88. The van der Waals surface area contributed by atoms with Gasteiger partial charge in [-0.2, -0.15) is 0 Å². The molecule has 2 heterocycles. The van der Waals surface area contributed by atoms with Gasteiger partial charge in [-0.15, -0.1) is 5.10 Å². The van der Waals surface area contributed by atoms with Crippen molar-refractivity contribution in [3.8, 4) is 11.5 Å². The molecule has 0 saturated carbocycles. The molecular weight excluding hydrogens is 412 g/mol. The second-order valence-corrected chi connectivity index (χ2v) is 7.35. The average molecular weight is 436 g/mol. The molecule has 1 fully saturated rings. The Hall–Kier alpha value is -3.88. The van der Waals surface area contributed by atoms with Crippen LogP contribution in [0.1, 0.15) is 30.7 Å². The quantitative estimate of drug-likeness (QED) is 0.578. The minimum Gasteiger partial charge on any atom is -0.497 e. The first-order chi connectivity index (χ1) is 15.6. The average Bonchev–Trinajstić information content (AvgIpc) is 3.41. The van der Waals surface area contributed by atoms with Crippen molar-refractivity contribution < 1.29 is 23.5 Å².